The van der Waals surface area contributed by atoms with Gasteiger partial charge in [-0.15, -0.1) is 0 Å². The maximum absolute atomic E-state index is 11.1. The van der Waals surface area contributed by atoms with Crippen molar-refractivity contribution in [2.75, 3.05) is 35.5 Å². The van der Waals surface area contributed by atoms with Crippen LogP contribution < -0.4 is 33.2 Å². The first-order valence-corrected chi connectivity index (χ1v) is 17.5. The lowest BCUT2D eigenvalue weighted by atomic mass is 9.85. The monoisotopic (exact) mass is 716 g/mol. The van der Waals surface area contributed by atoms with Gasteiger partial charge in [-0.05, 0) is 109 Å². The molecule has 0 aliphatic carbocycles. The Morgan fingerprint density at radius 3 is 1.31 bits per heavy atom. The van der Waals surface area contributed by atoms with Gasteiger partial charge in [-0.25, -0.2) is 0 Å². The van der Waals surface area contributed by atoms with E-state index < -0.39 is 24.4 Å². The fourth-order valence-corrected chi connectivity index (χ4v) is 6.83. The van der Waals surface area contributed by atoms with Crippen LogP contribution in [-0.2, 0) is 4.74 Å². The van der Waals surface area contributed by atoms with Crippen molar-refractivity contribution in [3.05, 3.63) is 101 Å². The largest absolute Gasteiger partial charge is 0.496 e. The summed E-state index contributed by atoms with van der Waals surface area (Å²) in [4.78, 5) is 0. The topological polar surface area (TPSA) is 114 Å². The first kappa shape index (κ1) is 38.6. The van der Waals surface area contributed by atoms with E-state index in [9.17, 15) is 10.2 Å². The highest BCUT2D eigenvalue weighted by Gasteiger charge is 2.41. The lowest BCUT2D eigenvalue weighted by Crippen LogP contribution is -2.22. The Morgan fingerprint density at radius 1 is 0.500 bits per heavy atom. The molecular formula is C42H52O10. The summed E-state index contributed by atoms with van der Waals surface area (Å²) in [6, 6.07) is 22.5. The van der Waals surface area contributed by atoms with Crippen LogP contribution in [0.25, 0.3) is 0 Å². The number of aliphatic hydroxyl groups excluding tert-OH is 2. The third kappa shape index (κ3) is 8.04. The molecule has 1 saturated heterocycles. The van der Waals surface area contributed by atoms with E-state index in [0.29, 0.717) is 40.1 Å². The molecule has 1 aliphatic heterocycles. The minimum Gasteiger partial charge on any atom is -0.496 e. The van der Waals surface area contributed by atoms with Crippen molar-refractivity contribution < 1.29 is 48.1 Å². The maximum atomic E-state index is 11.1. The molecule has 280 valence electrons. The SMILES string of the molecule is COc1ccc([C@@H](O)[C@@H](C)Oc2ccc(C3OC(c4ccc(O[C@H](C)[C@H](O)c5ccc(OC)c(OC)c5)c(OC)c4)[C@@H](C)[C@H]3C)cc2OC)cc1C. The fourth-order valence-electron chi connectivity index (χ4n) is 6.83. The second-order valence-corrected chi connectivity index (χ2v) is 13.4. The lowest BCUT2D eigenvalue weighted by Gasteiger charge is -2.24. The standard InChI is InChI=1S/C42H52O10/c1-23-19-28(11-15-32(23)45-6)39(43)26(4)50-34-17-13-30(21-37(34)48-9)41-24(2)25(3)42(52-41)31-14-18-35(38(22-31)49-10)51-27(5)40(44)29-12-16-33(46-7)36(20-29)47-8/h11-22,24-27,39-44H,1-10H3/t24-,25+,26-,27-,39+,40+,41?,42?/m1/s1. The molecule has 1 fully saturated rings. The van der Waals surface area contributed by atoms with Gasteiger partial charge in [0, 0.05) is 0 Å². The van der Waals surface area contributed by atoms with Crippen molar-refractivity contribution in [3.63, 3.8) is 0 Å². The van der Waals surface area contributed by atoms with Crippen molar-refractivity contribution in [2.45, 2.75) is 71.2 Å². The Morgan fingerprint density at radius 2 is 0.885 bits per heavy atom. The van der Waals surface area contributed by atoms with Gasteiger partial charge in [-0.2, -0.15) is 0 Å². The van der Waals surface area contributed by atoms with Crippen molar-refractivity contribution in [3.8, 4) is 40.2 Å². The summed E-state index contributed by atoms with van der Waals surface area (Å²) in [6.45, 7) is 9.95. The first-order valence-electron chi connectivity index (χ1n) is 17.5. The molecule has 10 nitrogen and oxygen atoms in total. The quantitative estimate of drug-likeness (QED) is 0.125. The number of ether oxygens (including phenoxy) is 8. The minimum atomic E-state index is -0.927. The molecule has 1 heterocycles. The molecule has 52 heavy (non-hydrogen) atoms. The predicted molar refractivity (Wildman–Crippen MR) is 198 cm³/mol. The third-order valence-electron chi connectivity index (χ3n) is 10.1. The summed E-state index contributed by atoms with van der Waals surface area (Å²) in [6.07, 6.45) is -3.33. The van der Waals surface area contributed by atoms with E-state index in [1.807, 2.05) is 68.4 Å². The molecule has 0 bridgehead atoms. The molecule has 0 saturated carbocycles. The van der Waals surface area contributed by atoms with Crippen molar-refractivity contribution in [2.24, 2.45) is 11.8 Å². The van der Waals surface area contributed by atoms with E-state index in [4.69, 9.17) is 37.9 Å². The summed E-state index contributed by atoms with van der Waals surface area (Å²) in [5.74, 6) is 4.37. The molecule has 0 aromatic heterocycles. The second kappa shape index (κ2) is 16.8. The van der Waals surface area contributed by atoms with Gasteiger partial charge in [-0.3, -0.25) is 0 Å². The Bertz CT molecular complexity index is 1810. The van der Waals surface area contributed by atoms with Gasteiger partial charge < -0.3 is 48.1 Å². The van der Waals surface area contributed by atoms with Crippen LogP contribution in [0.4, 0.5) is 0 Å². The maximum Gasteiger partial charge on any atom is 0.161 e. The Balaban J connectivity index is 1.29. The van der Waals surface area contributed by atoms with Gasteiger partial charge in [0.05, 0.1) is 47.8 Å². The van der Waals surface area contributed by atoms with E-state index in [1.54, 1.807) is 60.7 Å². The number of hydrogen-bond donors (Lipinski definition) is 2. The number of rotatable bonds is 15. The van der Waals surface area contributed by atoms with Gasteiger partial charge in [-0.1, -0.05) is 38.1 Å². The Labute approximate surface area is 307 Å². The summed E-state index contributed by atoms with van der Waals surface area (Å²) in [5.41, 5.74) is 4.25. The molecule has 4 aromatic rings. The van der Waals surface area contributed by atoms with Crippen LogP contribution in [0.5, 0.6) is 40.2 Å². The Kier molecular flexibility index (Phi) is 12.5. The average molecular weight is 717 g/mol. The molecule has 0 amide bonds. The van der Waals surface area contributed by atoms with Crippen molar-refractivity contribution in [1.82, 2.24) is 0 Å². The van der Waals surface area contributed by atoms with Crippen molar-refractivity contribution in [1.29, 1.82) is 0 Å². The predicted octanol–water partition coefficient (Wildman–Crippen LogP) is 8.12. The highest BCUT2D eigenvalue weighted by molar-refractivity contribution is 5.47. The van der Waals surface area contributed by atoms with Gasteiger partial charge in [0.25, 0.3) is 0 Å². The second-order valence-electron chi connectivity index (χ2n) is 13.4. The van der Waals surface area contributed by atoms with Gasteiger partial charge >= 0.3 is 0 Å². The molecule has 2 N–H and O–H groups in total. The third-order valence-corrected chi connectivity index (χ3v) is 10.1. The van der Waals surface area contributed by atoms with Crippen LogP contribution >= 0.6 is 0 Å². The van der Waals surface area contributed by atoms with Crippen LogP contribution in [0, 0.1) is 18.8 Å². The molecule has 10 heteroatoms. The fraction of sp³-hybridized carbons (Fsp3) is 0.429. The van der Waals surface area contributed by atoms with Crippen molar-refractivity contribution >= 4 is 0 Å². The zero-order chi connectivity index (χ0) is 37.7. The highest BCUT2D eigenvalue weighted by atomic mass is 16.5. The molecule has 4 aromatic carbocycles. The van der Waals surface area contributed by atoms with Gasteiger partial charge in [0.15, 0.2) is 34.5 Å². The summed E-state index contributed by atoms with van der Waals surface area (Å²) >= 11 is 0. The normalized spacial score (nSPS) is 20.7. The number of benzene rings is 4. The number of methoxy groups -OCH3 is 5. The van der Waals surface area contributed by atoms with E-state index in [-0.39, 0.29) is 24.0 Å². The first-order chi connectivity index (χ1) is 24.9. The summed E-state index contributed by atoms with van der Waals surface area (Å²) in [7, 11) is 7.95. The van der Waals surface area contributed by atoms with Crippen LogP contribution in [-0.4, -0.2) is 58.0 Å². The summed E-state index contributed by atoms with van der Waals surface area (Å²) < 4.78 is 46.8. The van der Waals surface area contributed by atoms with Gasteiger partial charge in [0.1, 0.15) is 30.2 Å². The highest BCUT2D eigenvalue weighted by Crippen LogP contribution is 2.51. The lowest BCUT2D eigenvalue weighted by molar-refractivity contribution is 0.0281. The molecule has 0 spiro atoms. The Hall–Kier alpha value is -4.64. The zero-order valence-electron chi connectivity index (χ0n) is 31.7. The van der Waals surface area contributed by atoms with Crippen LogP contribution in [0.15, 0.2) is 72.8 Å². The minimum absolute atomic E-state index is 0.178. The van der Waals surface area contributed by atoms with Crippen LogP contribution in [0.2, 0.25) is 0 Å². The molecule has 2 unspecified atom stereocenters. The number of aliphatic hydroxyl groups is 2. The van der Waals surface area contributed by atoms with E-state index >= 15 is 0 Å². The zero-order valence-corrected chi connectivity index (χ0v) is 31.7. The van der Waals surface area contributed by atoms with E-state index in [0.717, 1.165) is 28.0 Å². The van der Waals surface area contributed by atoms with E-state index in [2.05, 4.69) is 13.8 Å². The number of aryl methyl sites for hydroxylation is 1. The number of hydrogen-bond acceptors (Lipinski definition) is 10. The average Bonchev–Trinajstić information content (AvgIpc) is 3.46. The molecule has 1 aliphatic rings. The summed E-state index contributed by atoms with van der Waals surface area (Å²) in [5, 5.41) is 22.2. The molecule has 0 radical (unpaired) electrons. The van der Waals surface area contributed by atoms with Crippen LogP contribution in [0.1, 0.15) is 79.9 Å². The van der Waals surface area contributed by atoms with Crippen LogP contribution in [0.3, 0.4) is 0 Å². The van der Waals surface area contributed by atoms with E-state index in [1.165, 1.54) is 0 Å². The van der Waals surface area contributed by atoms with Gasteiger partial charge in [0.2, 0.25) is 0 Å². The molecular weight excluding hydrogens is 664 g/mol. The smallest absolute Gasteiger partial charge is 0.161 e. The molecule has 5 rings (SSSR count). The molecule has 8 atom stereocenters.